The first-order valence-corrected chi connectivity index (χ1v) is 6.95. The molecule has 0 amide bonds. The van der Waals surface area contributed by atoms with E-state index in [1.54, 1.807) is 0 Å². The summed E-state index contributed by atoms with van der Waals surface area (Å²) in [6, 6.07) is 8.34. The summed E-state index contributed by atoms with van der Waals surface area (Å²) >= 11 is 0. The molecular weight excluding hydrogens is 236 g/mol. The highest BCUT2D eigenvalue weighted by atomic mass is 15.2. The molecule has 4 nitrogen and oxygen atoms in total. The van der Waals surface area contributed by atoms with E-state index < -0.39 is 0 Å². The van der Waals surface area contributed by atoms with Crippen molar-refractivity contribution in [3.8, 4) is 6.07 Å². The van der Waals surface area contributed by atoms with Crippen LogP contribution in [0, 0.1) is 23.2 Å². The topological polar surface area (TPSA) is 67.6 Å². The maximum Gasteiger partial charge on any atom is 0.201 e. The fraction of sp³-hybridized carbons (Fsp3) is 0.467. The average molecular weight is 252 g/mol. The molecule has 2 aliphatic carbocycles. The first-order chi connectivity index (χ1) is 9.28. The Kier molecular flexibility index (Phi) is 2.14. The van der Waals surface area contributed by atoms with E-state index in [1.165, 1.54) is 25.7 Å². The zero-order valence-corrected chi connectivity index (χ0v) is 10.7. The molecule has 19 heavy (non-hydrogen) atoms. The zero-order chi connectivity index (χ0) is 13.0. The number of nitrogens with zero attached hydrogens (tertiary/aromatic N) is 3. The molecule has 4 rings (SSSR count). The Labute approximate surface area is 111 Å². The fourth-order valence-corrected chi connectivity index (χ4v) is 3.18. The number of anilines is 1. The van der Waals surface area contributed by atoms with Gasteiger partial charge >= 0.3 is 0 Å². The summed E-state index contributed by atoms with van der Waals surface area (Å²) in [5.74, 6) is 2.13. The lowest BCUT2D eigenvalue weighted by molar-refractivity contribution is 0.409. The maximum absolute atomic E-state index is 9.07. The van der Waals surface area contributed by atoms with Crippen LogP contribution in [0.2, 0.25) is 0 Å². The van der Waals surface area contributed by atoms with E-state index in [1.807, 2.05) is 18.2 Å². The summed E-state index contributed by atoms with van der Waals surface area (Å²) in [6.07, 6.45) is 5.22. The third-order valence-electron chi connectivity index (χ3n) is 4.35. The molecule has 4 heteroatoms. The van der Waals surface area contributed by atoms with E-state index in [4.69, 9.17) is 11.0 Å². The number of benzene rings is 1. The lowest BCUT2D eigenvalue weighted by Gasteiger charge is -2.20. The van der Waals surface area contributed by atoms with Crippen LogP contribution in [0.5, 0.6) is 0 Å². The van der Waals surface area contributed by atoms with Gasteiger partial charge in [0.15, 0.2) is 0 Å². The van der Waals surface area contributed by atoms with Crippen molar-refractivity contribution in [2.75, 3.05) is 5.73 Å². The standard InChI is InChI=1S/C15H16N4/c16-8-9-1-6-12-13(7-9)19(15(17)18-12)14(10-2-3-10)11-4-5-11/h1,6-7,10-11,14H,2-5H2,(H2,17,18). The zero-order valence-electron chi connectivity index (χ0n) is 10.7. The van der Waals surface area contributed by atoms with Crippen molar-refractivity contribution >= 4 is 17.0 Å². The monoisotopic (exact) mass is 252 g/mol. The van der Waals surface area contributed by atoms with Crippen molar-refractivity contribution in [2.45, 2.75) is 31.7 Å². The smallest absolute Gasteiger partial charge is 0.201 e. The Morgan fingerprint density at radius 3 is 2.53 bits per heavy atom. The van der Waals surface area contributed by atoms with Gasteiger partial charge in [0.1, 0.15) is 0 Å². The molecule has 2 aliphatic rings. The number of fused-ring (bicyclic) bond motifs is 1. The molecular formula is C15H16N4. The van der Waals surface area contributed by atoms with Crippen molar-refractivity contribution < 1.29 is 0 Å². The third kappa shape index (κ3) is 1.69. The fourth-order valence-electron chi connectivity index (χ4n) is 3.18. The van der Waals surface area contributed by atoms with Crippen LogP contribution in [-0.4, -0.2) is 9.55 Å². The lowest BCUT2D eigenvalue weighted by atomic mass is 10.1. The minimum absolute atomic E-state index is 0.499. The lowest BCUT2D eigenvalue weighted by Crippen LogP contribution is -2.15. The number of imidazole rings is 1. The normalized spacial score (nSPS) is 18.9. The molecule has 0 saturated heterocycles. The first kappa shape index (κ1) is 10.9. The van der Waals surface area contributed by atoms with Crippen molar-refractivity contribution in [2.24, 2.45) is 11.8 Å². The maximum atomic E-state index is 9.07. The van der Waals surface area contributed by atoms with Gasteiger partial charge in [0, 0.05) is 6.04 Å². The van der Waals surface area contributed by atoms with Gasteiger partial charge in [0.05, 0.1) is 22.7 Å². The number of hydrogen-bond donors (Lipinski definition) is 1. The van der Waals surface area contributed by atoms with Crippen LogP contribution in [0.1, 0.15) is 37.3 Å². The van der Waals surface area contributed by atoms with Crippen LogP contribution >= 0.6 is 0 Å². The Morgan fingerprint density at radius 1 is 1.26 bits per heavy atom. The molecule has 1 aromatic carbocycles. The summed E-state index contributed by atoms with van der Waals surface area (Å²) in [5, 5.41) is 9.07. The van der Waals surface area contributed by atoms with E-state index in [-0.39, 0.29) is 0 Å². The number of nitrogens with two attached hydrogens (primary N) is 1. The summed E-state index contributed by atoms with van der Waals surface area (Å²) in [4.78, 5) is 4.46. The molecule has 0 spiro atoms. The number of nitriles is 1. The first-order valence-electron chi connectivity index (χ1n) is 6.95. The predicted molar refractivity (Wildman–Crippen MR) is 73.3 cm³/mol. The van der Waals surface area contributed by atoms with Gasteiger partial charge in [-0.1, -0.05) is 0 Å². The number of hydrogen-bond acceptors (Lipinski definition) is 3. The van der Waals surface area contributed by atoms with Gasteiger partial charge in [-0.05, 0) is 55.7 Å². The van der Waals surface area contributed by atoms with Gasteiger partial charge in [0.2, 0.25) is 5.95 Å². The van der Waals surface area contributed by atoms with Crippen LogP contribution in [-0.2, 0) is 0 Å². The van der Waals surface area contributed by atoms with Crippen molar-refractivity contribution in [1.29, 1.82) is 5.26 Å². The van der Waals surface area contributed by atoms with Crippen molar-refractivity contribution in [3.63, 3.8) is 0 Å². The highest BCUT2D eigenvalue weighted by molar-refractivity contribution is 5.80. The van der Waals surface area contributed by atoms with Crippen LogP contribution in [0.15, 0.2) is 18.2 Å². The molecule has 0 aliphatic heterocycles. The van der Waals surface area contributed by atoms with Crippen LogP contribution in [0.3, 0.4) is 0 Å². The van der Waals surface area contributed by atoms with Gasteiger partial charge in [0.25, 0.3) is 0 Å². The number of rotatable bonds is 3. The Hall–Kier alpha value is -2.02. The van der Waals surface area contributed by atoms with Gasteiger partial charge < -0.3 is 10.3 Å². The highest BCUT2D eigenvalue weighted by Gasteiger charge is 2.43. The summed E-state index contributed by atoms with van der Waals surface area (Å²) in [6.45, 7) is 0. The molecule has 2 aromatic rings. The van der Waals surface area contributed by atoms with E-state index in [0.29, 0.717) is 17.6 Å². The van der Waals surface area contributed by atoms with Crippen LogP contribution in [0.25, 0.3) is 11.0 Å². The molecule has 1 aromatic heterocycles. The molecule has 96 valence electrons. The molecule has 0 unspecified atom stereocenters. The predicted octanol–water partition coefficient (Wildman–Crippen LogP) is 2.85. The molecule has 2 saturated carbocycles. The molecule has 0 radical (unpaired) electrons. The Balaban J connectivity index is 1.91. The SMILES string of the molecule is N#Cc1ccc2nc(N)n(C(C3CC3)C3CC3)c2c1. The van der Waals surface area contributed by atoms with Gasteiger partial charge in [-0.15, -0.1) is 0 Å². The molecule has 0 atom stereocenters. The second-order valence-electron chi connectivity index (χ2n) is 5.82. The van der Waals surface area contributed by atoms with Crippen molar-refractivity contribution in [3.05, 3.63) is 23.8 Å². The summed E-state index contributed by atoms with van der Waals surface area (Å²) in [7, 11) is 0. The van der Waals surface area contributed by atoms with E-state index in [0.717, 1.165) is 22.9 Å². The van der Waals surface area contributed by atoms with Crippen LogP contribution < -0.4 is 5.73 Å². The Morgan fingerprint density at radius 2 is 1.95 bits per heavy atom. The molecule has 0 bridgehead atoms. The summed E-state index contributed by atoms with van der Waals surface area (Å²) < 4.78 is 2.20. The van der Waals surface area contributed by atoms with Gasteiger partial charge in [-0.25, -0.2) is 4.98 Å². The van der Waals surface area contributed by atoms with E-state index in [9.17, 15) is 0 Å². The third-order valence-corrected chi connectivity index (χ3v) is 4.35. The average Bonchev–Trinajstić information content (AvgIpc) is 3.30. The van der Waals surface area contributed by atoms with E-state index in [2.05, 4.69) is 15.6 Å². The number of aromatic nitrogens is 2. The molecule has 2 fully saturated rings. The van der Waals surface area contributed by atoms with Crippen molar-refractivity contribution in [1.82, 2.24) is 9.55 Å². The van der Waals surface area contributed by atoms with Gasteiger partial charge in [-0.2, -0.15) is 5.26 Å². The minimum atomic E-state index is 0.499. The van der Waals surface area contributed by atoms with Crippen LogP contribution in [0.4, 0.5) is 5.95 Å². The minimum Gasteiger partial charge on any atom is -0.369 e. The molecule has 1 heterocycles. The second kappa shape index (κ2) is 3.74. The van der Waals surface area contributed by atoms with E-state index >= 15 is 0 Å². The second-order valence-corrected chi connectivity index (χ2v) is 5.82. The number of nitrogen functional groups attached to an aromatic ring is 1. The largest absolute Gasteiger partial charge is 0.369 e. The summed E-state index contributed by atoms with van der Waals surface area (Å²) in [5.41, 5.74) is 8.76. The molecule has 2 N–H and O–H groups in total. The quantitative estimate of drug-likeness (QED) is 0.913. The Bertz CT molecular complexity index is 674. The highest BCUT2D eigenvalue weighted by Crippen LogP contribution is 2.53. The van der Waals surface area contributed by atoms with Gasteiger partial charge in [-0.3, -0.25) is 0 Å².